The van der Waals surface area contributed by atoms with E-state index in [1.165, 1.54) is 12.1 Å². The molecule has 0 aliphatic heterocycles. The largest absolute Gasteiger partial charge is 0.433 e. The first-order valence-electron chi connectivity index (χ1n) is 5.37. The molecule has 0 radical (unpaired) electrons. The summed E-state index contributed by atoms with van der Waals surface area (Å²) < 4.78 is 38.3. The van der Waals surface area contributed by atoms with Gasteiger partial charge in [0.05, 0.1) is 21.3 Å². The van der Waals surface area contributed by atoms with Crippen molar-refractivity contribution in [1.82, 2.24) is 4.98 Å². The lowest BCUT2D eigenvalue weighted by molar-refractivity contribution is -0.141. The summed E-state index contributed by atoms with van der Waals surface area (Å²) in [5, 5.41) is 9.27. The normalized spacial score (nSPS) is 11.3. The highest BCUT2D eigenvalue weighted by Gasteiger charge is 2.33. The predicted octanol–water partition coefficient (Wildman–Crippen LogP) is 5.60. The molecule has 0 aliphatic rings. The van der Waals surface area contributed by atoms with E-state index >= 15 is 0 Å². The molecule has 0 amide bonds. The van der Waals surface area contributed by atoms with Crippen LogP contribution in [0.25, 0.3) is 11.3 Å². The molecule has 0 fully saturated rings. The number of rotatable bonds is 1. The van der Waals surface area contributed by atoms with Crippen LogP contribution in [0.3, 0.4) is 0 Å². The van der Waals surface area contributed by atoms with Crippen molar-refractivity contribution in [2.45, 2.75) is 6.18 Å². The summed E-state index contributed by atoms with van der Waals surface area (Å²) >= 11 is 17.7. The number of nitrogens with zero attached hydrogens (tertiary/aromatic N) is 2. The lowest BCUT2D eigenvalue weighted by Crippen LogP contribution is -2.09. The van der Waals surface area contributed by atoms with Crippen molar-refractivity contribution < 1.29 is 13.2 Å². The van der Waals surface area contributed by atoms with Gasteiger partial charge in [0.2, 0.25) is 0 Å². The molecule has 0 saturated heterocycles. The molecule has 0 N–H and O–H groups in total. The highest BCUT2D eigenvalue weighted by molar-refractivity contribution is 6.41. The van der Waals surface area contributed by atoms with Crippen LogP contribution < -0.4 is 0 Å². The van der Waals surface area contributed by atoms with Crippen molar-refractivity contribution in [3.8, 4) is 17.3 Å². The Hall–Kier alpha value is -1.48. The number of aromatic nitrogens is 1. The first-order valence-corrected chi connectivity index (χ1v) is 6.50. The number of alkyl halides is 3. The average molecular weight is 352 g/mol. The second kappa shape index (κ2) is 5.72. The van der Waals surface area contributed by atoms with Crippen molar-refractivity contribution in [3.63, 3.8) is 0 Å². The molecule has 0 atom stereocenters. The Morgan fingerprint density at radius 2 is 1.62 bits per heavy atom. The monoisotopic (exact) mass is 350 g/mol. The number of pyridine rings is 1. The SMILES string of the molecule is N#Cc1ccc(C(F)(F)F)nc1-c1c(Cl)cc(Cl)cc1Cl. The summed E-state index contributed by atoms with van der Waals surface area (Å²) in [6, 6.07) is 6.13. The van der Waals surface area contributed by atoms with E-state index in [0.29, 0.717) is 0 Å². The third-order valence-corrected chi connectivity index (χ3v) is 3.36. The fourth-order valence-corrected chi connectivity index (χ4v) is 2.66. The molecule has 0 spiro atoms. The van der Waals surface area contributed by atoms with Crippen molar-refractivity contribution >= 4 is 34.8 Å². The van der Waals surface area contributed by atoms with Crippen molar-refractivity contribution in [3.05, 3.63) is 50.6 Å². The zero-order valence-electron chi connectivity index (χ0n) is 9.97. The maximum Gasteiger partial charge on any atom is 0.433 e. The van der Waals surface area contributed by atoms with E-state index in [1.54, 1.807) is 6.07 Å². The van der Waals surface area contributed by atoms with E-state index in [9.17, 15) is 13.2 Å². The van der Waals surface area contributed by atoms with Crippen LogP contribution in [0.15, 0.2) is 24.3 Å². The summed E-state index contributed by atoms with van der Waals surface area (Å²) in [5.74, 6) is 0. The molecule has 0 aliphatic carbocycles. The van der Waals surface area contributed by atoms with E-state index < -0.39 is 11.9 Å². The standard InChI is InChI=1S/C13H4Cl3F3N2/c14-7-3-8(15)11(9(16)4-7)12-6(5-20)1-2-10(21-12)13(17,18)19/h1-4H. The minimum atomic E-state index is -4.64. The van der Waals surface area contributed by atoms with Crippen LogP contribution in [0, 0.1) is 11.3 Å². The molecule has 1 aromatic heterocycles. The fourth-order valence-electron chi connectivity index (χ4n) is 1.67. The van der Waals surface area contributed by atoms with Gasteiger partial charge in [0.25, 0.3) is 0 Å². The van der Waals surface area contributed by atoms with Crippen LogP contribution in [0.4, 0.5) is 13.2 Å². The van der Waals surface area contributed by atoms with Gasteiger partial charge in [0.15, 0.2) is 0 Å². The highest BCUT2D eigenvalue weighted by Crippen LogP contribution is 2.39. The summed E-state index contributed by atoms with van der Waals surface area (Å²) in [6.45, 7) is 0. The first kappa shape index (κ1) is 15.9. The Balaban J connectivity index is 2.77. The van der Waals surface area contributed by atoms with Gasteiger partial charge in [-0.2, -0.15) is 18.4 Å². The Morgan fingerprint density at radius 1 is 1.05 bits per heavy atom. The van der Waals surface area contributed by atoms with Gasteiger partial charge < -0.3 is 0 Å². The zero-order valence-corrected chi connectivity index (χ0v) is 12.2. The highest BCUT2D eigenvalue weighted by atomic mass is 35.5. The molecule has 2 rings (SSSR count). The second-order valence-corrected chi connectivity index (χ2v) is 5.20. The Morgan fingerprint density at radius 3 is 2.10 bits per heavy atom. The van der Waals surface area contributed by atoms with Crippen molar-refractivity contribution in [2.75, 3.05) is 0 Å². The van der Waals surface area contributed by atoms with Gasteiger partial charge in [-0.15, -0.1) is 0 Å². The summed E-state index contributed by atoms with van der Waals surface area (Å²) in [5.41, 5.74) is -1.42. The molecule has 108 valence electrons. The molecule has 8 heteroatoms. The van der Waals surface area contributed by atoms with Crippen LogP contribution in [0.5, 0.6) is 0 Å². The van der Waals surface area contributed by atoms with Gasteiger partial charge in [-0.3, -0.25) is 0 Å². The van der Waals surface area contributed by atoms with Crippen molar-refractivity contribution in [1.29, 1.82) is 5.26 Å². The van der Waals surface area contributed by atoms with Crippen LogP contribution in [0.1, 0.15) is 11.3 Å². The predicted molar refractivity (Wildman–Crippen MR) is 74.4 cm³/mol. The molecule has 1 aromatic carbocycles. The lowest BCUT2D eigenvalue weighted by Gasteiger charge is -2.12. The van der Waals surface area contributed by atoms with Crippen LogP contribution >= 0.6 is 34.8 Å². The second-order valence-electron chi connectivity index (χ2n) is 3.95. The molecule has 0 unspecified atom stereocenters. The van der Waals surface area contributed by atoms with Crippen molar-refractivity contribution in [2.24, 2.45) is 0 Å². The van der Waals surface area contributed by atoms with Crippen LogP contribution in [0.2, 0.25) is 15.1 Å². The number of hydrogen-bond donors (Lipinski definition) is 0. The van der Waals surface area contributed by atoms with E-state index in [1.807, 2.05) is 0 Å². The maximum absolute atomic E-state index is 12.8. The fraction of sp³-hybridized carbons (Fsp3) is 0.0769. The Labute approximate surface area is 132 Å². The number of benzene rings is 1. The molecule has 0 bridgehead atoms. The smallest absolute Gasteiger partial charge is 0.242 e. The minimum Gasteiger partial charge on any atom is -0.242 e. The van der Waals surface area contributed by atoms with Crippen LogP contribution in [-0.2, 0) is 6.18 Å². The van der Waals surface area contributed by atoms with E-state index in [4.69, 9.17) is 40.1 Å². The molecule has 2 aromatic rings. The van der Waals surface area contributed by atoms with E-state index in [0.717, 1.165) is 12.1 Å². The molecule has 21 heavy (non-hydrogen) atoms. The topological polar surface area (TPSA) is 36.7 Å². The summed E-state index contributed by atoms with van der Waals surface area (Å²) in [4.78, 5) is 3.48. The zero-order chi connectivity index (χ0) is 15.8. The van der Waals surface area contributed by atoms with Gasteiger partial charge in [-0.05, 0) is 24.3 Å². The van der Waals surface area contributed by atoms with Gasteiger partial charge >= 0.3 is 6.18 Å². The molecule has 0 saturated carbocycles. The quantitative estimate of drug-likeness (QED) is 0.670. The Bertz CT molecular complexity index is 728. The number of hydrogen-bond acceptors (Lipinski definition) is 2. The maximum atomic E-state index is 12.8. The third-order valence-electron chi connectivity index (χ3n) is 2.55. The first-order chi connectivity index (χ1) is 9.74. The number of nitriles is 1. The van der Waals surface area contributed by atoms with Gasteiger partial charge in [-0.25, -0.2) is 4.98 Å². The average Bonchev–Trinajstić information content (AvgIpc) is 2.36. The Kier molecular flexibility index (Phi) is 4.33. The van der Waals surface area contributed by atoms with Gasteiger partial charge in [-0.1, -0.05) is 34.8 Å². The number of halogens is 6. The summed E-state index contributed by atoms with van der Waals surface area (Å²) in [6.07, 6.45) is -4.64. The molecule has 1 heterocycles. The van der Waals surface area contributed by atoms with E-state index in [2.05, 4.69) is 4.98 Å². The third kappa shape index (κ3) is 3.24. The lowest BCUT2D eigenvalue weighted by atomic mass is 10.1. The van der Waals surface area contributed by atoms with Crippen LogP contribution in [-0.4, -0.2) is 4.98 Å². The molecular weight excluding hydrogens is 348 g/mol. The van der Waals surface area contributed by atoms with Gasteiger partial charge in [0.1, 0.15) is 11.8 Å². The molecular formula is C13H4Cl3F3N2. The minimum absolute atomic E-state index is 0.0100. The summed E-state index contributed by atoms with van der Waals surface area (Å²) in [7, 11) is 0. The molecule has 2 nitrogen and oxygen atoms in total. The van der Waals surface area contributed by atoms with E-state index in [-0.39, 0.29) is 31.9 Å². The van der Waals surface area contributed by atoms with Gasteiger partial charge in [0, 0.05) is 10.6 Å².